The topological polar surface area (TPSA) is 62.7 Å². The highest BCUT2D eigenvalue weighted by molar-refractivity contribution is 6.05. The largest absolute Gasteiger partial charge is 0.390 e. The zero-order chi connectivity index (χ0) is 18.2. The summed E-state index contributed by atoms with van der Waals surface area (Å²) in [4.78, 5) is 19.3. The molecule has 0 radical (unpaired) electrons. The predicted molar refractivity (Wildman–Crippen MR) is 100 cm³/mol. The number of pyridine rings is 1. The number of carbonyl (C=O) groups excluding carboxylic acids is 1. The van der Waals surface area contributed by atoms with Crippen molar-refractivity contribution in [2.24, 2.45) is 0 Å². The second-order valence-electron chi connectivity index (χ2n) is 7.71. The van der Waals surface area contributed by atoms with Gasteiger partial charge in [-0.25, -0.2) is 0 Å². The molecule has 2 saturated heterocycles. The molecular weight excluding hydrogens is 328 g/mol. The molecule has 1 unspecified atom stereocenters. The van der Waals surface area contributed by atoms with Crippen molar-refractivity contribution in [3.05, 3.63) is 42.2 Å². The summed E-state index contributed by atoms with van der Waals surface area (Å²) in [6.45, 7) is 3.92. The Morgan fingerprint density at radius 2 is 2.00 bits per heavy atom. The van der Waals surface area contributed by atoms with Gasteiger partial charge in [0.2, 0.25) is 0 Å². The second-order valence-corrected chi connectivity index (χ2v) is 7.71. The van der Waals surface area contributed by atoms with Gasteiger partial charge in [0.15, 0.2) is 0 Å². The first kappa shape index (κ1) is 17.4. The first-order chi connectivity index (χ1) is 12.5. The van der Waals surface area contributed by atoms with E-state index in [1.807, 2.05) is 42.2 Å². The number of hydrogen-bond acceptors (Lipinski definition) is 4. The quantitative estimate of drug-likeness (QED) is 0.900. The van der Waals surface area contributed by atoms with Gasteiger partial charge in [0.05, 0.1) is 17.8 Å². The molecule has 0 saturated carbocycles. The lowest BCUT2D eigenvalue weighted by Gasteiger charge is -2.49. The van der Waals surface area contributed by atoms with Crippen LogP contribution in [0, 0.1) is 0 Å². The Hall–Kier alpha value is -1.98. The number of ether oxygens (including phenoxy) is 1. The maximum absolute atomic E-state index is 13.0. The fourth-order valence-corrected chi connectivity index (χ4v) is 4.38. The predicted octanol–water partition coefficient (Wildman–Crippen LogP) is 3.16. The van der Waals surface area contributed by atoms with Crippen molar-refractivity contribution in [1.82, 2.24) is 9.88 Å². The number of nitrogens with zero attached hydrogens (tertiary/aromatic N) is 2. The normalized spacial score (nSPS) is 25.5. The van der Waals surface area contributed by atoms with Crippen molar-refractivity contribution < 1.29 is 14.6 Å². The highest BCUT2D eigenvalue weighted by atomic mass is 16.5. The molecule has 138 valence electrons. The van der Waals surface area contributed by atoms with E-state index in [0.29, 0.717) is 38.2 Å². The van der Waals surface area contributed by atoms with Crippen LogP contribution in [0.1, 0.15) is 49.5 Å². The average Bonchev–Trinajstić information content (AvgIpc) is 2.67. The molecule has 2 aliphatic rings. The number of rotatable bonds is 2. The zero-order valence-corrected chi connectivity index (χ0v) is 15.3. The van der Waals surface area contributed by atoms with E-state index >= 15 is 0 Å². The Morgan fingerprint density at radius 1 is 1.23 bits per heavy atom. The van der Waals surface area contributed by atoms with Crippen molar-refractivity contribution >= 4 is 16.7 Å². The minimum atomic E-state index is -0.623. The summed E-state index contributed by atoms with van der Waals surface area (Å²) in [5.41, 5.74) is -0.387. The molecule has 1 spiro atoms. The molecule has 1 atom stereocenters. The van der Waals surface area contributed by atoms with Crippen molar-refractivity contribution in [3.8, 4) is 0 Å². The number of carbonyl (C=O) groups is 1. The lowest BCUT2D eigenvalue weighted by Crippen LogP contribution is -2.55. The zero-order valence-electron chi connectivity index (χ0n) is 15.3. The summed E-state index contributed by atoms with van der Waals surface area (Å²) in [5, 5.41) is 12.6. The third-order valence-corrected chi connectivity index (χ3v) is 6.12. The number of aromatic nitrogens is 1. The van der Waals surface area contributed by atoms with Crippen molar-refractivity contribution in [2.75, 3.05) is 19.7 Å². The molecule has 2 aromatic rings. The van der Waals surface area contributed by atoms with E-state index in [1.54, 1.807) is 6.20 Å². The fraction of sp³-hybridized carbons (Fsp3) is 0.524. The smallest absolute Gasteiger partial charge is 0.273 e. The fourth-order valence-electron chi connectivity index (χ4n) is 4.38. The van der Waals surface area contributed by atoms with Gasteiger partial charge in [-0.2, -0.15) is 0 Å². The van der Waals surface area contributed by atoms with E-state index in [4.69, 9.17) is 4.74 Å². The molecule has 1 N–H and O–H groups in total. The summed E-state index contributed by atoms with van der Waals surface area (Å²) in [7, 11) is 0. The van der Waals surface area contributed by atoms with Crippen LogP contribution in [0.4, 0.5) is 0 Å². The number of aliphatic hydroxyl groups is 1. The van der Waals surface area contributed by atoms with E-state index in [2.05, 4.69) is 4.98 Å². The van der Waals surface area contributed by atoms with Gasteiger partial charge in [-0.3, -0.25) is 9.78 Å². The molecule has 1 aromatic carbocycles. The van der Waals surface area contributed by atoms with Gasteiger partial charge in [0.25, 0.3) is 5.91 Å². The van der Waals surface area contributed by atoms with Crippen LogP contribution >= 0.6 is 0 Å². The van der Waals surface area contributed by atoms with Crippen LogP contribution in [-0.2, 0) is 4.74 Å². The van der Waals surface area contributed by atoms with Crippen molar-refractivity contribution in [2.45, 2.75) is 50.2 Å². The lowest BCUT2D eigenvalue weighted by atomic mass is 9.76. The molecule has 5 heteroatoms. The summed E-state index contributed by atoms with van der Waals surface area (Å²) >= 11 is 0. The first-order valence-corrected chi connectivity index (χ1v) is 9.54. The average molecular weight is 354 g/mol. The third-order valence-electron chi connectivity index (χ3n) is 6.12. The Kier molecular flexibility index (Phi) is 4.45. The number of fused-ring (bicyclic) bond motifs is 1. The van der Waals surface area contributed by atoms with Crippen LogP contribution in [-0.4, -0.2) is 51.8 Å². The number of likely N-dealkylation sites (tertiary alicyclic amines) is 1. The highest BCUT2D eigenvalue weighted by Crippen LogP contribution is 2.41. The van der Waals surface area contributed by atoms with Crippen LogP contribution in [0.25, 0.3) is 10.8 Å². The number of hydrogen-bond donors (Lipinski definition) is 1. The van der Waals surface area contributed by atoms with Crippen LogP contribution in [0.5, 0.6) is 0 Å². The van der Waals surface area contributed by atoms with E-state index < -0.39 is 5.60 Å². The van der Waals surface area contributed by atoms with E-state index in [-0.39, 0.29) is 11.5 Å². The molecular formula is C21H26N2O3. The van der Waals surface area contributed by atoms with Crippen molar-refractivity contribution in [1.29, 1.82) is 0 Å². The lowest BCUT2D eigenvalue weighted by molar-refractivity contribution is -0.176. The van der Waals surface area contributed by atoms with Gasteiger partial charge in [-0.15, -0.1) is 0 Å². The molecule has 2 fully saturated rings. The van der Waals surface area contributed by atoms with Crippen LogP contribution in [0.15, 0.2) is 36.5 Å². The van der Waals surface area contributed by atoms with E-state index in [0.717, 1.165) is 30.0 Å². The molecule has 1 amide bonds. The summed E-state index contributed by atoms with van der Waals surface area (Å²) in [6, 6.07) is 9.79. The van der Waals surface area contributed by atoms with Crippen molar-refractivity contribution in [3.63, 3.8) is 0 Å². The Labute approximate surface area is 154 Å². The van der Waals surface area contributed by atoms with Gasteiger partial charge in [-0.05, 0) is 37.1 Å². The number of piperidine rings is 1. The van der Waals surface area contributed by atoms with Gasteiger partial charge >= 0.3 is 0 Å². The van der Waals surface area contributed by atoms with Gasteiger partial charge in [0.1, 0.15) is 5.69 Å². The molecule has 0 bridgehead atoms. The summed E-state index contributed by atoms with van der Waals surface area (Å²) < 4.78 is 6.09. The summed E-state index contributed by atoms with van der Waals surface area (Å²) in [5.74, 6) is -0.0155. The standard InChI is InChI=1S/C21H26N2O3/c1-2-20(25)10-14-26-21(15-20)8-12-23(13-9-21)19(24)18-17-6-4-3-5-16(17)7-11-22-18/h3-7,11,25H,2,8-10,12-15H2,1H3. The van der Waals surface area contributed by atoms with E-state index in [1.165, 1.54) is 0 Å². The molecule has 0 aliphatic carbocycles. The Balaban J connectivity index is 1.50. The highest BCUT2D eigenvalue weighted by Gasteiger charge is 2.46. The second kappa shape index (κ2) is 6.63. The maximum atomic E-state index is 13.0. The third kappa shape index (κ3) is 3.10. The van der Waals surface area contributed by atoms with Crippen LogP contribution in [0.3, 0.4) is 0 Å². The minimum Gasteiger partial charge on any atom is -0.390 e. The molecule has 5 nitrogen and oxygen atoms in total. The molecule has 4 rings (SSSR count). The van der Waals surface area contributed by atoms with Crippen LogP contribution in [0.2, 0.25) is 0 Å². The Morgan fingerprint density at radius 3 is 2.77 bits per heavy atom. The van der Waals surface area contributed by atoms with Gasteiger partial charge < -0.3 is 14.7 Å². The van der Waals surface area contributed by atoms with Gasteiger partial charge in [-0.1, -0.05) is 31.2 Å². The first-order valence-electron chi connectivity index (χ1n) is 9.54. The Bertz CT molecular complexity index is 809. The molecule has 3 heterocycles. The monoisotopic (exact) mass is 354 g/mol. The molecule has 1 aromatic heterocycles. The minimum absolute atomic E-state index is 0.0155. The number of benzene rings is 1. The van der Waals surface area contributed by atoms with E-state index in [9.17, 15) is 9.90 Å². The molecule has 26 heavy (non-hydrogen) atoms. The number of amides is 1. The maximum Gasteiger partial charge on any atom is 0.273 e. The molecule has 2 aliphatic heterocycles. The van der Waals surface area contributed by atoms with Crippen LogP contribution < -0.4 is 0 Å². The summed E-state index contributed by atoms with van der Waals surface area (Å²) in [6.07, 6.45) is 5.36. The van der Waals surface area contributed by atoms with Gasteiger partial charge in [0, 0.05) is 31.1 Å². The SMILES string of the molecule is CCC1(O)CCOC2(CCN(C(=O)c3nccc4ccccc34)CC2)C1.